The van der Waals surface area contributed by atoms with Gasteiger partial charge < -0.3 is 10.4 Å². The van der Waals surface area contributed by atoms with Gasteiger partial charge in [0.1, 0.15) is 0 Å². The van der Waals surface area contributed by atoms with Crippen LogP contribution in [0.15, 0.2) is 23.1 Å². The first kappa shape index (κ1) is 12.7. The molecule has 17 heavy (non-hydrogen) atoms. The molecule has 1 aromatic rings. The highest BCUT2D eigenvalue weighted by molar-refractivity contribution is 8.00. The fourth-order valence-electron chi connectivity index (χ4n) is 1.75. The molecule has 5 heteroatoms. The van der Waals surface area contributed by atoms with Crippen molar-refractivity contribution in [1.29, 1.82) is 0 Å². The molecule has 0 aromatic heterocycles. The minimum absolute atomic E-state index is 0.00916. The topological polar surface area (TPSA) is 49.3 Å². The van der Waals surface area contributed by atoms with Crippen LogP contribution < -0.4 is 5.32 Å². The first-order valence-electron chi connectivity index (χ1n) is 5.51. The molecule has 1 atom stereocenters. The van der Waals surface area contributed by atoms with Gasteiger partial charge in [0.25, 0.3) is 0 Å². The lowest BCUT2D eigenvalue weighted by Gasteiger charge is -2.18. The molecule has 0 aliphatic carbocycles. The number of halogens is 1. The van der Waals surface area contributed by atoms with Crippen molar-refractivity contribution in [1.82, 2.24) is 0 Å². The summed E-state index contributed by atoms with van der Waals surface area (Å²) in [4.78, 5) is 12.3. The molecular weight excluding hydrogens is 258 g/mol. The summed E-state index contributed by atoms with van der Waals surface area (Å²) in [7, 11) is 0. The van der Waals surface area contributed by atoms with Gasteiger partial charge in [-0.2, -0.15) is 0 Å². The van der Waals surface area contributed by atoms with Crippen LogP contribution >= 0.6 is 23.4 Å². The molecule has 1 aliphatic rings. The van der Waals surface area contributed by atoms with Crippen molar-refractivity contribution in [3.63, 3.8) is 0 Å². The number of alkyl halides is 1. The number of carbonyl (C=O) groups excluding carboxylic acids is 1. The summed E-state index contributed by atoms with van der Waals surface area (Å²) in [6, 6.07) is 5.69. The molecule has 0 radical (unpaired) electrons. The third kappa shape index (κ3) is 3.15. The van der Waals surface area contributed by atoms with Gasteiger partial charge in [-0.05, 0) is 30.5 Å². The van der Waals surface area contributed by atoms with Crippen molar-refractivity contribution in [3.8, 4) is 0 Å². The monoisotopic (exact) mass is 271 g/mol. The molecule has 0 bridgehead atoms. The maximum absolute atomic E-state index is 11.3. The molecule has 1 heterocycles. The van der Waals surface area contributed by atoms with Gasteiger partial charge in [0.15, 0.2) is 0 Å². The Labute approximate surface area is 110 Å². The molecule has 0 saturated heterocycles. The highest BCUT2D eigenvalue weighted by Crippen LogP contribution is 2.34. The van der Waals surface area contributed by atoms with E-state index in [9.17, 15) is 9.90 Å². The van der Waals surface area contributed by atoms with Crippen molar-refractivity contribution < 1.29 is 9.90 Å². The van der Waals surface area contributed by atoms with Gasteiger partial charge in [0, 0.05) is 10.8 Å². The van der Waals surface area contributed by atoms with Gasteiger partial charge >= 0.3 is 0 Å². The van der Waals surface area contributed by atoms with Gasteiger partial charge in [-0.1, -0.05) is 6.07 Å². The Balaban J connectivity index is 2.14. The number of amides is 1. The van der Waals surface area contributed by atoms with Gasteiger partial charge in [-0.3, -0.25) is 4.79 Å². The molecule has 1 aromatic carbocycles. The Morgan fingerprint density at radius 2 is 2.35 bits per heavy atom. The van der Waals surface area contributed by atoms with E-state index in [1.807, 2.05) is 18.2 Å². The summed E-state index contributed by atoms with van der Waals surface area (Å²) < 4.78 is 0. The molecule has 1 amide bonds. The fourth-order valence-corrected chi connectivity index (χ4v) is 2.69. The summed E-state index contributed by atoms with van der Waals surface area (Å²) >= 11 is 7.12. The van der Waals surface area contributed by atoms with Crippen LogP contribution in [0.1, 0.15) is 24.5 Å². The third-order valence-electron chi connectivity index (χ3n) is 2.63. The van der Waals surface area contributed by atoms with E-state index in [4.69, 9.17) is 11.6 Å². The zero-order valence-electron chi connectivity index (χ0n) is 9.28. The predicted octanol–water partition coefficient (Wildman–Crippen LogP) is 2.78. The molecule has 1 unspecified atom stereocenters. The summed E-state index contributed by atoms with van der Waals surface area (Å²) in [5.41, 5.74) is 1.63. The number of rotatable bonds is 4. The second kappa shape index (κ2) is 5.76. The van der Waals surface area contributed by atoms with Crippen LogP contribution in [-0.2, 0) is 4.79 Å². The molecule has 0 saturated carbocycles. The van der Waals surface area contributed by atoms with E-state index in [2.05, 4.69) is 5.32 Å². The molecule has 0 fully saturated rings. The number of anilines is 1. The standard InChI is InChI=1S/C12H14ClNO2S/c13-5-1-2-10(15)8-3-4-11-9(6-8)14-12(16)7-17-11/h3-4,6,10,15H,1-2,5,7H2,(H,14,16). The number of benzene rings is 1. The molecule has 92 valence electrons. The lowest BCUT2D eigenvalue weighted by Crippen LogP contribution is -2.18. The van der Waals surface area contributed by atoms with Gasteiger partial charge in [-0.15, -0.1) is 23.4 Å². The summed E-state index contributed by atoms with van der Waals surface area (Å²) in [5, 5.41) is 12.8. The highest BCUT2D eigenvalue weighted by Gasteiger charge is 2.17. The minimum Gasteiger partial charge on any atom is -0.388 e. The first-order valence-corrected chi connectivity index (χ1v) is 7.03. The Morgan fingerprint density at radius 3 is 3.12 bits per heavy atom. The number of aliphatic hydroxyl groups is 1. The van der Waals surface area contributed by atoms with Crippen LogP contribution in [0.5, 0.6) is 0 Å². The number of nitrogens with one attached hydrogen (secondary N) is 1. The van der Waals surface area contributed by atoms with Crippen LogP contribution in [0.25, 0.3) is 0 Å². The zero-order chi connectivity index (χ0) is 12.3. The number of fused-ring (bicyclic) bond motifs is 1. The lowest BCUT2D eigenvalue weighted by atomic mass is 10.0. The normalized spacial score (nSPS) is 16.2. The Bertz CT molecular complexity index is 425. The van der Waals surface area contributed by atoms with Crippen molar-refractivity contribution >= 4 is 35.0 Å². The second-order valence-corrected chi connectivity index (χ2v) is 5.33. The van der Waals surface area contributed by atoms with Gasteiger partial charge in [-0.25, -0.2) is 0 Å². The number of hydrogen-bond donors (Lipinski definition) is 2. The van der Waals surface area contributed by atoms with E-state index in [1.165, 1.54) is 11.8 Å². The molecule has 3 nitrogen and oxygen atoms in total. The number of carbonyl (C=O) groups is 1. The van der Waals surface area contributed by atoms with Crippen LogP contribution in [0.4, 0.5) is 5.69 Å². The summed E-state index contributed by atoms with van der Waals surface area (Å²) in [6.45, 7) is 0. The van der Waals surface area contributed by atoms with Crippen molar-refractivity contribution in [2.45, 2.75) is 23.8 Å². The van der Waals surface area contributed by atoms with Crippen molar-refractivity contribution in [2.75, 3.05) is 16.9 Å². The molecule has 2 N–H and O–H groups in total. The first-order chi connectivity index (χ1) is 8.20. The highest BCUT2D eigenvalue weighted by atomic mass is 35.5. The average Bonchev–Trinajstić information content (AvgIpc) is 2.35. The number of thioether (sulfide) groups is 1. The predicted molar refractivity (Wildman–Crippen MR) is 70.7 cm³/mol. The van der Waals surface area contributed by atoms with Crippen LogP contribution in [0.2, 0.25) is 0 Å². The van der Waals surface area contributed by atoms with E-state index in [-0.39, 0.29) is 5.91 Å². The SMILES string of the molecule is O=C1CSc2ccc(C(O)CCCCl)cc2N1. The molecule has 2 rings (SSSR count). The van der Waals surface area contributed by atoms with Gasteiger partial charge in [0.2, 0.25) is 5.91 Å². The lowest BCUT2D eigenvalue weighted by molar-refractivity contribution is -0.113. The molecule has 1 aliphatic heterocycles. The van der Waals surface area contributed by atoms with Crippen LogP contribution in [0.3, 0.4) is 0 Å². The third-order valence-corrected chi connectivity index (χ3v) is 3.97. The van der Waals surface area contributed by atoms with E-state index < -0.39 is 6.10 Å². The zero-order valence-corrected chi connectivity index (χ0v) is 10.9. The van der Waals surface area contributed by atoms with Gasteiger partial charge in [0.05, 0.1) is 17.5 Å². The average molecular weight is 272 g/mol. The fraction of sp³-hybridized carbons (Fsp3) is 0.417. The minimum atomic E-state index is -0.511. The molecule has 0 spiro atoms. The van der Waals surface area contributed by atoms with Crippen LogP contribution in [0, 0.1) is 0 Å². The van der Waals surface area contributed by atoms with E-state index in [0.717, 1.165) is 22.6 Å². The Morgan fingerprint density at radius 1 is 1.53 bits per heavy atom. The second-order valence-electron chi connectivity index (χ2n) is 3.94. The van der Waals surface area contributed by atoms with Crippen molar-refractivity contribution in [2.24, 2.45) is 0 Å². The number of hydrogen-bond acceptors (Lipinski definition) is 3. The number of aliphatic hydroxyl groups excluding tert-OH is 1. The van der Waals surface area contributed by atoms with E-state index >= 15 is 0 Å². The Hall–Kier alpha value is -0.710. The maximum Gasteiger partial charge on any atom is 0.234 e. The van der Waals surface area contributed by atoms with E-state index in [0.29, 0.717) is 18.1 Å². The smallest absolute Gasteiger partial charge is 0.234 e. The summed E-state index contributed by atoms with van der Waals surface area (Å²) in [6.07, 6.45) is 0.910. The quantitative estimate of drug-likeness (QED) is 0.828. The molecular formula is C12H14ClNO2S. The van der Waals surface area contributed by atoms with Crippen LogP contribution in [-0.4, -0.2) is 22.6 Å². The maximum atomic E-state index is 11.3. The summed E-state index contributed by atoms with van der Waals surface area (Å²) in [5.74, 6) is 1.02. The Kier molecular flexibility index (Phi) is 4.31. The van der Waals surface area contributed by atoms with E-state index in [1.54, 1.807) is 0 Å². The van der Waals surface area contributed by atoms with Crippen molar-refractivity contribution in [3.05, 3.63) is 23.8 Å². The largest absolute Gasteiger partial charge is 0.388 e.